The second-order valence-corrected chi connectivity index (χ2v) is 6.93. The molecule has 1 saturated heterocycles. The lowest BCUT2D eigenvalue weighted by Crippen LogP contribution is -2.52. The topological polar surface area (TPSA) is 83.2 Å². The van der Waals surface area contributed by atoms with Crippen molar-refractivity contribution in [1.29, 1.82) is 5.26 Å². The lowest BCUT2D eigenvalue weighted by atomic mass is 10.1. The SMILES string of the molecule is C\C=N/C(=C\C=C\Cl)N(C[C@@H](C)N1CCN(O)CC1)C(=O)c1ccc(C#N)cc1. The summed E-state index contributed by atoms with van der Waals surface area (Å²) in [7, 11) is 0. The van der Waals surface area contributed by atoms with Crippen molar-refractivity contribution in [3.05, 3.63) is 58.9 Å². The molecule has 7 nitrogen and oxygen atoms in total. The van der Waals surface area contributed by atoms with Crippen LogP contribution in [0.5, 0.6) is 0 Å². The molecule has 8 heteroatoms. The second-order valence-electron chi connectivity index (χ2n) is 6.67. The molecule has 1 atom stereocenters. The van der Waals surface area contributed by atoms with Crippen LogP contribution >= 0.6 is 11.6 Å². The van der Waals surface area contributed by atoms with Crippen molar-refractivity contribution in [2.24, 2.45) is 4.99 Å². The van der Waals surface area contributed by atoms with Gasteiger partial charge in [-0.05, 0) is 50.3 Å². The Morgan fingerprint density at radius 1 is 1.34 bits per heavy atom. The molecule has 1 heterocycles. The number of aliphatic imine (C=N–C) groups is 1. The van der Waals surface area contributed by atoms with E-state index in [1.54, 1.807) is 54.5 Å². The van der Waals surface area contributed by atoms with E-state index in [1.165, 1.54) is 10.6 Å². The molecule has 0 unspecified atom stereocenters. The molecule has 1 fully saturated rings. The summed E-state index contributed by atoms with van der Waals surface area (Å²) in [5, 5.41) is 19.9. The number of benzene rings is 1. The van der Waals surface area contributed by atoms with Crippen LogP contribution in [0, 0.1) is 11.3 Å². The lowest BCUT2D eigenvalue weighted by Gasteiger charge is -2.37. The van der Waals surface area contributed by atoms with Gasteiger partial charge in [0.05, 0.1) is 11.6 Å². The fourth-order valence-corrected chi connectivity index (χ4v) is 3.19. The van der Waals surface area contributed by atoms with Gasteiger partial charge in [-0.2, -0.15) is 10.3 Å². The van der Waals surface area contributed by atoms with E-state index in [9.17, 15) is 10.0 Å². The third-order valence-electron chi connectivity index (χ3n) is 4.72. The molecule has 1 aliphatic heterocycles. The largest absolute Gasteiger partial charge is 0.314 e. The Labute approximate surface area is 176 Å². The molecule has 2 rings (SSSR count). The summed E-state index contributed by atoms with van der Waals surface area (Å²) in [6.07, 6.45) is 4.94. The Kier molecular flexibility index (Phi) is 9.03. The molecule has 1 aromatic carbocycles. The molecule has 1 N–H and O–H groups in total. The summed E-state index contributed by atoms with van der Waals surface area (Å²) in [5.74, 6) is 0.272. The van der Waals surface area contributed by atoms with Gasteiger partial charge in [0, 0.05) is 56.1 Å². The summed E-state index contributed by atoms with van der Waals surface area (Å²) >= 11 is 5.67. The highest BCUT2D eigenvalue weighted by atomic mass is 35.5. The third-order valence-corrected chi connectivity index (χ3v) is 4.87. The van der Waals surface area contributed by atoms with Crippen molar-refractivity contribution in [3.63, 3.8) is 0 Å². The molecular weight excluding hydrogens is 390 g/mol. The van der Waals surface area contributed by atoms with E-state index >= 15 is 0 Å². The van der Waals surface area contributed by atoms with Gasteiger partial charge in [-0.25, -0.2) is 4.99 Å². The van der Waals surface area contributed by atoms with E-state index in [-0.39, 0.29) is 11.9 Å². The van der Waals surface area contributed by atoms with Gasteiger partial charge in [0.2, 0.25) is 0 Å². The molecule has 0 aromatic heterocycles. The first-order valence-corrected chi connectivity index (χ1v) is 9.89. The fraction of sp³-hybridized carbons (Fsp3) is 0.381. The van der Waals surface area contributed by atoms with Crippen molar-refractivity contribution in [2.75, 3.05) is 32.7 Å². The zero-order valence-corrected chi connectivity index (χ0v) is 17.5. The predicted octanol–water partition coefficient (Wildman–Crippen LogP) is 3.08. The average Bonchev–Trinajstić information content (AvgIpc) is 2.75. The molecule has 1 aliphatic rings. The maximum Gasteiger partial charge on any atom is 0.259 e. The van der Waals surface area contributed by atoms with Crippen LogP contribution in [0.1, 0.15) is 29.8 Å². The Morgan fingerprint density at radius 3 is 2.55 bits per heavy atom. The first-order valence-electron chi connectivity index (χ1n) is 9.45. The monoisotopic (exact) mass is 415 g/mol. The highest BCUT2D eigenvalue weighted by Crippen LogP contribution is 2.17. The summed E-state index contributed by atoms with van der Waals surface area (Å²) in [6, 6.07) is 8.66. The molecule has 154 valence electrons. The highest BCUT2D eigenvalue weighted by molar-refractivity contribution is 6.25. The molecule has 0 radical (unpaired) electrons. The van der Waals surface area contributed by atoms with Crippen molar-refractivity contribution in [1.82, 2.24) is 14.9 Å². The smallest absolute Gasteiger partial charge is 0.259 e. The summed E-state index contributed by atoms with van der Waals surface area (Å²) in [6.45, 7) is 6.83. The van der Waals surface area contributed by atoms with E-state index in [0.29, 0.717) is 49.7 Å². The molecule has 1 aromatic rings. The minimum atomic E-state index is -0.207. The maximum absolute atomic E-state index is 13.3. The number of hydrogen-bond acceptors (Lipinski definition) is 6. The first-order chi connectivity index (χ1) is 14.0. The second kappa shape index (κ2) is 11.5. The summed E-state index contributed by atoms with van der Waals surface area (Å²) in [4.78, 5) is 21.5. The van der Waals surface area contributed by atoms with Crippen molar-refractivity contribution >= 4 is 23.7 Å². The number of hydrogen-bond donors (Lipinski definition) is 1. The van der Waals surface area contributed by atoms with Gasteiger partial charge >= 0.3 is 0 Å². The molecule has 0 spiro atoms. The molecule has 0 bridgehead atoms. The van der Waals surface area contributed by atoms with E-state index < -0.39 is 0 Å². The van der Waals surface area contributed by atoms with Crippen LogP contribution in [0.15, 0.2) is 52.8 Å². The standard InChI is InChI=1S/C21H26ClN5O2/c1-3-24-20(5-4-10-22)27(16-17(2)25-11-13-26(29)14-12-25)21(28)19-8-6-18(15-23)7-9-19/h3-10,17,29H,11-14,16H2,1-2H3/b10-4+,20-5+,24-3-/t17-/m1/s1. The molecular formula is C21H26ClN5O2. The number of hydroxylamine groups is 2. The average molecular weight is 416 g/mol. The van der Waals surface area contributed by atoms with Gasteiger partial charge in [-0.15, -0.1) is 0 Å². The van der Waals surface area contributed by atoms with E-state index in [0.717, 1.165) is 0 Å². The summed E-state index contributed by atoms with van der Waals surface area (Å²) in [5.41, 5.74) is 2.33. The number of nitriles is 1. The van der Waals surface area contributed by atoms with Gasteiger partial charge in [0.25, 0.3) is 5.91 Å². The Hall–Kier alpha value is -2.50. The van der Waals surface area contributed by atoms with Crippen molar-refractivity contribution in [3.8, 4) is 6.07 Å². The van der Waals surface area contributed by atoms with Crippen LogP contribution in [0.2, 0.25) is 0 Å². The van der Waals surface area contributed by atoms with E-state index in [1.807, 2.05) is 0 Å². The van der Waals surface area contributed by atoms with Gasteiger partial charge < -0.3 is 5.21 Å². The van der Waals surface area contributed by atoms with E-state index in [4.69, 9.17) is 16.9 Å². The van der Waals surface area contributed by atoms with Crippen LogP contribution < -0.4 is 0 Å². The van der Waals surface area contributed by atoms with Crippen molar-refractivity contribution in [2.45, 2.75) is 19.9 Å². The molecule has 0 saturated carbocycles. The van der Waals surface area contributed by atoms with Gasteiger partial charge in [0.15, 0.2) is 0 Å². The molecule has 1 amide bonds. The number of carbonyl (C=O) groups excluding carboxylic acids is 1. The Bertz CT molecular complexity index is 805. The number of amides is 1. The summed E-state index contributed by atoms with van der Waals surface area (Å²) < 4.78 is 0. The zero-order valence-electron chi connectivity index (χ0n) is 16.7. The van der Waals surface area contributed by atoms with Crippen LogP contribution in [0.3, 0.4) is 0 Å². The maximum atomic E-state index is 13.3. The van der Waals surface area contributed by atoms with Crippen molar-refractivity contribution < 1.29 is 10.0 Å². The fourth-order valence-electron chi connectivity index (χ4n) is 3.11. The van der Waals surface area contributed by atoms with Gasteiger partial charge in [0.1, 0.15) is 5.82 Å². The van der Waals surface area contributed by atoms with Gasteiger partial charge in [-0.3, -0.25) is 14.6 Å². The zero-order chi connectivity index (χ0) is 21.2. The lowest BCUT2D eigenvalue weighted by molar-refractivity contribution is -0.121. The number of halogens is 1. The minimum Gasteiger partial charge on any atom is -0.314 e. The normalized spacial score (nSPS) is 17.6. The van der Waals surface area contributed by atoms with E-state index in [2.05, 4.69) is 22.9 Å². The number of nitrogens with zero attached hydrogens (tertiary/aromatic N) is 5. The predicted molar refractivity (Wildman–Crippen MR) is 114 cm³/mol. The number of allylic oxidation sites excluding steroid dienone is 2. The minimum absolute atomic E-state index is 0.0569. The Morgan fingerprint density at radius 2 is 2.00 bits per heavy atom. The van der Waals surface area contributed by atoms with Crippen LogP contribution in [0.25, 0.3) is 0 Å². The highest BCUT2D eigenvalue weighted by Gasteiger charge is 2.26. The molecule has 29 heavy (non-hydrogen) atoms. The van der Waals surface area contributed by atoms with Crippen LogP contribution in [0.4, 0.5) is 0 Å². The first kappa shape index (κ1) is 22.8. The molecule has 0 aliphatic carbocycles. The Balaban J connectivity index is 2.30. The number of piperazine rings is 1. The number of carbonyl (C=O) groups is 1. The quantitative estimate of drug-likeness (QED) is 0.546. The number of rotatable bonds is 7. The van der Waals surface area contributed by atoms with Gasteiger partial charge in [-0.1, -0.05) is 11.6 Å². The van der Waals surface area contributed by atoms with Crippen LogP contribution in [-0.2, 0) is 0 Å². The van der Waals surface area contributed by atoms with Crippen LogP contribution in [-0.4, -0.2) is 71.0 Å². The third kappa shape index (κ3) is 6.51.